The molecule has 0 fully saturated rings. The summed E-state index contributed by atoms with van der Waals surface area (Å²) in [4.78, 5) is 3.93. The molecule has 0 amide bonds. The van der Waals surface area contributed by atoms with Crippen molar-refractivity contribution < 1.29 is 0 Å². The number of nitrogens with zero attached hydrogens (tertiary/aromatic N) is 1. The average Bonchev–Trinajstić information content (AvgIpc) is 2.62. The van der Waals surface area contributed by atoms with Crippen molar-refractivity contribution in [2.24, 2.45) is 16.3 Å². The first kappa shape index (κ1) is 27.2. The topological polar surface area (TPSA) is 12.4 Å². The quantitative estimate of drug-likeness (QED) is 0.0984. The van der Waals surface area contributed by atoms with Crippen LogP contribution in [-0.4, -0.2) is 13.3 Å². The van der Waals surface area contributed by atoms with Crippen molar-refractivity contribution in [1.29, 1.82) is 0 Å². The van der Waals surface area contributed by atoms with Gasteiger partial charge in [0.15, 0.2) is 0 Å². The van der Waals surface area contributed by atoms with E-state index in [1.165, 1.54) is 68.9 Å². The van der Waals surface area contributed by atoms with Gasteiger partial charge < -0.3 is 4.99 Å². The Morgan fingerprint density at radius 1 is 1.14 bits per heavy atom. The van der Waals surface area contributed by atoms with E-state index in [0.717, 1.165) is 30.3 Å². The summed E-state index contributed by atoms with van der Waals surface area (Å²) in [6.07, 6.45) is 17.8. The van der Waals surface area contributed by atoms with Crippen molar-refractivity contribution in [2.75, 3.05) is 6.54 Å². The lowest BCUT2D eigenvalue weighted by atomic mass is 9.75. The van der Waals surface area contributed by atoms with Crippen LogP contribution in [0, 0.1) is 11.3 Å². The molecule has 0 saturated carbocycles. The number of hydrogen-bond acceptors (Lipinski definition) is 1. The molecule has 1 nitrogen and oxygen atoms in total. The highest BCUT2D eigenvalue weighted by molar-refractivity contribution is 6.29. The third-order valence-corrected chi connectivity index (χ3v) is 5.84. The Hall–Kier alpha value is -0.820. The van der Waals surface area contributed by atoms with Crippen molar-refractivity contribution in [3.8, 4) is 0 Å². The van der Waals surface area contributed by atoms with Crippen molar-refractivity contribution in [3.05, 3.63) is 34.9 Å². The lowest BCUT2D eigenvalue weighted by Crippen LogP contribution is -2.17. The van der Waals surface area contributed by atoms with E-state index >= 15 is 0 Å². The third kappa shape index (κ3) is 13.4. The van der Waals surface area contributed by atoms with Crippen LogP contribution in [0.2, 0.25) is 0 Å². The summed E-state index contributed by atoms with van der Waals surface area (Å²) in [6, 6.07) is 0. The van der Waals surface area contributed by atoms with Crippen LogP contribution in [0.4, 0.5) is 0 Å². The van der Waals surface area contributed by atoms with Gasteiger partial charge in [-0.2, -0.15) is 0 Å². The highest BCUT2D eigenvalue weighted by Gasteiger charge is 2.24. The molecule has 0 aromatic carbocycles. The van der Waals surface area contributed by atoms with Crippen LogP contribution < -0.4 is 0 Å². The molecule has 0 aliphatic heterocycles. The monoisotopic (exact) mass is 407 g/mol. The van der Waals surface area contributed by atoms with Crippen LogP contribution >= 0.6 is 11.6 Å². The second-order valence-electron chi connectivity index (χ2n) is 9.08. The van der Waals surface area contributed by atoms with Gasteiger partial charge in [0.25, 0.3) is 0 Å². The number of unbranched alkanes of at least 4 members (excludes halogenated alkanes) is 4. The molecular formula is C26H46ClN. The first-order valence-corrected chi connectivity index (χ1v) is 11.7. The van der Waals surface area contributed by atoms with E-state index in [0.29, 0.717) is 0 Å². The second kappa shape index (κ2) is 16.0. The Kier molecular flexibility index (Phi) is 15.6. The van der Waals surface area contributed by atoms with E-state index in [9.17, 15) is 0 Å². The van der Waals surface area contributed by atoms with Gasteiger partial charge in [0.05, 0.1) is 0 Å². The molecule has 0 aliphatic rings. The molecule has 2 heteroatoms. The smallest absolute Gasteiger partial charge is 0.0382 e. The fraction of sp³-hybridized carbons (Fsp3) is 0.731. The van der Waals surface area contributed by atoms with E-state index in [2.05, 4.69) is 58.1 Å². The van der Waals surface area contributed by atoms with E-state index in [4.69, 9.17) is 11.6 Å². The van der Waals surface area contributed by atoms with E-state index in [1.54, 1.807) is 0 Å². The fourth-order valence-corrected chi connectivity index (χ4v) is 4.20. The van der Waals surface area contributed by atoms with E-state index < -0.39 is 0 Å². The highest BCUT2D eigenvalue weighted by atomic mass is 35.5. The summed E-state index contributed by atoms with van der Waals surface area (Å²) >= 11 is 6.30. The molecule has 0 N–H and O–H groups in total. The van der Waals surface area contributed by atoms with Crippen LogP contribution in [-0.2, 0) is 0 Å². The molecule has 0 spiro atoms. The minimum atomic E-state index is 0.277. The zero-order valence-corrected chi connectivity index (χ0v) is 20.2. The third-order valence-electron chi connectivity index (χ3n) is 5.73. The van der Waals surface area contributed by atoms with Crippen molar-refractivity contribution in [3.63, 3.8) is 0 Å². The molecule has 0 aromatic rings. The van der Waals surface area contributed by atoms with Gasteiger partial charge in [0.1, 0.15) is 0 Å². The van der Waals surface area contributed by atoms with Crippen LogP contribution in [0.5, 0.6) is 0 Å². The second-order valence-corrected chi connectivity index (χ2v) is 9.68. The van der Waals surface area contributed by atoms with Crippen molar-refractivity contribution in [2.45, 2.75) is 105 Å². The van der Waals surface area contributed by atoms with E-state index in [1.807, 2.05) is 6.92 Å². The largest absolute Gasteiger partial charge is 0.301 e. The maximum Gasteiger partial charge on any atom is 0.0382 e. The van der Waals surface area contributed by atoms with Crippen LogP contribution in [0.15, 0.2) is 39.9 Å². The number of hydrogen-bond donors (Lipinski definition) is 0. The molecule has 0 radical (unpaired) electrons. The molecule has 2 atom stereocenters. The van der Waals surface area contributed by atoms with Gasteiger partial charge in [-0.1, -0.05) is 82.5 Å². The molecule has 0 aliphatic carbocycles. The lowest BCUT2D eigenvalue weighted by molar-refractivity contribution is 0.289. The standard InChI is InChI=1S/C26H46ClN/c1-8-10-17-26(6,16-9-2)21-25(20-24(5)27)23(4)19-22(3)15-13-11-12-14-18-28-7/h9,20,22H,2,7-8,10-19,21H2,1,3-6H3/b24-20+,25-23-. The molecule has 0 aromatic heterocycles. The molecule has 0 heterocycles. The summed E-state index contributed by atoms with van der Waals surface area (Å²) in [5, 5.41) is 0.884. The van der Waals surface area contributed by atoms with Crippen LogP contribution in [0.3, 0.4) is 0 Å². The average molecular weight is 408 g/mol. The minimum absolute atomic E-state index is 0.277. The Balaban J connectivity index is 4.97. The molecule has 0 rings (SSSR count). The lowest BCUT2D eigenvalue weighted by Gasteiger charge is -2.30. The molecule has 2 unspecified atom stereocenters. The van der Waals surface area contributed by atoms with E-state index in [-0.39, 0.29) is 5.41 Å². The molecule has 28 heavy (non-hydrogen) atoms. The zero-order chi connectivity index (χ0) is 21.4. The number of rotatable bonds is 17. The van der Waals surface area contributed by atoms with Gasteiger partial charge in [0, 0.05) is 11.6 Å². The Morgan fingerprint density at radius 3 is 2.39 bits per heavy atom. The van der Waals surface area contributed by atoms with Gasteiger partial charge >= 0.3 is 0 Å². The predicted octanol–water partition coefficient (Wildman–Crippen LogP) is 9.29. The summed E-state index contributed by atoms with van der Waals surface area (Å²) in [7, 11) is 0. The Morgan fingerprint density at radius 2 is 1.82 bits per heavy atom. The fourth-order valence-electron chi connectivity index (χ4n) is 4.07. The minimum Gasteiger partial charge on any atom is -0.301 e. The van der Waals surface area contributed by atoms with Crippen molar-refractivity contribution >= 4 is 18.3 Å². The normalized spacial score (nSPS) is 16.3. The maximum absolute atomic E-state index is 6.30. The van der Waals surface area contributed by atoms with Crippen molar-refractivity contribution in [1.82, 2.24) is 0 Å². The number of aliphatic imine (C=N–C) groups is 1. The SMILES string of the molecule is C=CCC(C)(CCCC)CC(/C=C(\C)Cl)=C(/C)CC(C)CCCCCCN=C. The zero-order valence-electron chi connectivity index (χ0n) is 19.5. The molecule has 0 bridgehead atoms. The van der Waals surface area contributed by atoms with Gasteiger partial charge in [0.2, 0.25) is 0 Å². The summed E-state index contributed by atoms with van der Waals surface area (Å²) < 4.78 is 0. The molecular weight excluding hydrogens is 362 g/mol. The first-order valence-electron chi connectivity index (χ1n) is 11.3. The van der Waals surface area contributed by atoms with Gasteiger partial charge in [-0.05, 0) is 75.7 Å². The van der Waals surface area contributed by atoms with Crippen LogP contribution in [0.25, 0.3) is 0 Å². The summed E-state index contributed by atoms with van der Waals surface area (Å²) in [5.74, 6) is 0.720. The van der Waals surface area contributed by atoms with Gasteiger partial charge in [-0.15, -0.1) is 6.58 Å². The number of halogens is 1. The Bertz CT molecular complexity index is 499. The summed E-state index contributed by atoms with van der Waals surface area (Å²) in [6.45, 7) is 19.9. The maximum atomic E-state index is 6.30. The van der Waals surface area contributed by atoms with Gasteiger partial charge in [-0.3, -0.25) is 0 Å². The first-order chi connectivity index (χ1) is 13.3. The highest BCUT2D eigenvalue weighted by Crippen LogP contribution is 2.38. The predicted molar refractivity (Wildman–Crippen MR) is 131 cm³/mol. The number of allylic oxidation sites excluding steroid dienone is 5. The van der Waals surface area contributed by atoms with Crippen LogP contribution in [0.1, 0.15) is 105 Å². The van der Waals surface area contributed by atoms with Gasteiger partial charge in [-0.25, -0.2) is 0 Å². The summed E-state index contributed by atoms with van der Waals surface area (Å²) in [5.41, 5.74) is 3.23. The Labute approximate surface area is 181 Å². The molecule has 162 valence electrons. The molecule has 0 saturated heterocycles.